The molecule has 2 aromatic rings. The van der Waals surface area contributed by atoms with Crippen LogP contribution in [0.4, 0.5) is 20.2 Å². The van der Waals surface area contributed by atoms with Crippen LogP contribution in [0.2, 0.25) is 0 Å². The van der Waals surface area contributed by atoms with Crippen molar-refractivity contribution in [2.75, 3.05) is 18.6 Å². The van der Waals surface area contributed by atoms with Crippen LogP contribution in [0.1, 0.15) is 24.2 Å². The lowest BCUT2D eigenvalue weighted by atomic mass is 10.1. The molecule has 5 nitrogen and oxygen atoms in total. The molecule has 0 bridgehead atoms. The van der Waals surface area contributed by atoms with Crippen LogP contribution in [-0.4, -0.2) is 30.3 Å². The average Bonchev–Trinajstić information content (AvgIpc) is 2.62. The van der Waals surface area contributed by atoms with E-state index in [1.165, 1.54) is 18.0 Å². The van der Waals surface area contributed by atoms with Crippen LogP contribution < -0.4 is 10.4 Å². The third-order valence-electron chi connectivity index (χ3n) is 3.66. The number of carbonyl (C=O) groups is 1. The fourth-order valence-electron chi connectivity index (χ4n) is 2.12. The number of carbonyl (C=O) groups excluding carboxylic acids is 1. The fraction of sp³-hybridized carbons (Fsp3) is 0.278. The van der Waals surface area contributed by atoms with Crippen LogP contribution in [0.15, 0.2) is 36.4 Å². The van der Waals surface area contributed by atoms with Crippen LogP contribution in [0.5, 0.6) is 0 Å². The Morgan fingerprint density at radius 1 is 1.23 bits per heavy atom. The minimum Gasteiger partial charge on any atom is -0.393 e. The second-order valence-corrected chi connectivity index (χ2v) is 7.49. The molecule has 140 valence electrons. The van der Waals surface area contributed by atoms with Gasteiger partial charge in [-0.05, 0) is 72.8 Å². The number of aliphatic hydroxyl groups excluding tert-OH is 1. The number of amides is 1. The highest BCUT2D eigenvalue weighted by atomic mass is 127. The fourth-order valence-corrected chi connectivity index (χ4v) is 2.48. The van der Waals surface area contributed by atoms with E-state index < -0.39 is 23.1 Å². The first kappa shape index (κ1) is 20.5. The molecule has 8 heteroatoms. The summed E-state index contributed by atoms with van der Waals surface area (Å²) in [6.07, 6.45) is 0. The van der Waals surface area contributed by atoms with Crippen molar-refractivity contribution in [1.82, 2.24) is 5.48 Å². The largest absolute Gasteiger partial charge is 0.393 e. The van der Waals surface area contributed by atoms with Crippen molar-refractivity contribution in [2.45, 2.75) is 19.4 Å². The molecule has 2 aromatic carbocycles. The highest BCUT2D eigenvalue weighted by Gasteiger charge is 2.25. The van der Waals surface area contributed by atoms with Gasteiger partial charge in [-0.15, -0.1) is 0 Å². The summed E-state index contributed by atoms with van der Waals surface area (Å²) in [5.41, 5.74) is 1.43. The predicted molar refractivity (Wildman–Crippen MR) is 103 cm³/mol. The average molecular weight is 476 g/mol. The molecule has 0 heterocycles. The van der Waals surface area contributed by atoms with Gasteiger partial charge in [0.05, 0.1) is 17.9 Å². The van der Waals surface area contributed by atoms with Crippen LogP contribution >= 0.6 is 22.6 Å². The molecule has 0 aromatic heterocycles. The standard InChI is InChI=1S/C18H19F2IN2O3/c1-18(2,10-24)26-22-17(25)13-8-9-14(19)15(20)16(13)23(3)12-6-4-11(21)5-7-12/h4-9,24H,10H2,1-3H3,(H,22,25). The number of halogens is 3. The molecular weight excluding hydrogens is 457 g/mol. The predicted octanol–water partition coefficient (Wildman–Crippen LogP) is 3.77. The SMILES string of the molecule is CN(c1ccc(I)cc1)c1c(C(=O)NOC(C)(C)CO)ccc(F)c1F. The summed E-state index contributed by atoms with van der Waals surface area (Å²) in [5.74, 6) is -2.96. The molecule has 0 unspecified atom stereocenters. The van der Waals surface area contributed by atoms with Gasteiger partial charge in [-0.25, -0.2) is 14.3 Å². The quantitative estimate of drug-likeness (QED) is 0.493. The molecule has 2 N–H and O–H groups in total. The van der Waals surface area contributed by atoms with Gasteiger partial charge in [-0.2, -0.15) is 0 Å². The number of anilines is 2. The second-order valence-electron chi connectivity index (χ2n) is 6.24. The summed E-state index contributed by atoms with van der Waals surface area (Å²) in [6.45, 7) is 2.80. The Hall–Kier alpha value is -1.78. The van der Waals surface area contributed by atoms with Crippen LogP contribution in [0.3, 0.4) is 0 Å². The molecule has 2 rings (SSSR count). The maximum atomic E-state index is 14.5. The van der Waals surface area contributed by atoms with E-state index in [1.807, 2.05) is 12.1 Å². The smallest absolute Gasteiger partial charge is 0.277 e. The third kappa shape index (κ3) is 4.68. The number of hydroxylamine groups is 1. The molecule has 0 saturated carbocycles. The summed E-state index contributed by atoms with van der Waals surface area (Å²) in [4.78, 5) is 19.0. The van der Waals surface area contributed by atoms with E-state index in [1.54, 1.807) is 26.0 Å². The number of hydrogen-bond donors (Lipinski definition) is 2. The van der Waals surface area contributed by atoms with Gasteiger partial charge in [0.25, 0.3) is 5.91 Å². The Bertz CT molecular complexity index is 798. The molecule has 0 aliphatic heterocycles. The van der Waals surface area contributed by atoms with Crippen molar-refractivity contribution < 1.29 is 23.5 Å². The summed E-state index contributed by atoms with van der Waals surface area (Å²) >= 11 is 2.13. The number of nitrogens with one attached hydrogen (secondary N) is 1. The van der Waals surface area contributed by atoms with Crippen molar-refractivity contribution in [3.8, 4) is 0 Å². The van der Waals surface area contributed by atoms with Gasteiger partial charge >= 0.3 is 0 Å². The van der Waals surface area contributed by atoms with Crippen molar-refractivity contribution in [2.24, 2.45) is 0 Å². The van der Waals surface area contributed by atoms with Crippen LogP contribution in [-0.2, 0) is 4.84 Å². The zero-order valence-corrected chi connectivity index (χ0v) is 16.7. The van der Waals surface area contributed by atoms with Gasteiger partial charge in [-0.1, -0.05) is 0 Å². The molecule has 0 saturated heterocycles. The van der Waals surface area contributed by atoms with E-state index in [4.69, 9.17) is 4.84 Å². The zero-order chi connectivity index (χ0) is 19.5. The molecule has 0 atom stereocenters. The molecule has 26 heavy (non-hydrogen) atoms. The summed E-state index contributed by atoms with van der Waals surface area (Å²) in [5, 5.41) is 9.18. The molecule has 0 fully saturated rings. The number of rotatable bonds is 6. The van der Waals surface area contributed by atoms with Gasteiger partial charge in [0.1, 0.15) is 5.60 Å². The van der Waals surface area contributed by atoms with E-state index in [2.05, 4.69) is 28.1 Å². The van der Waals surface area contributed by atoms with E-state index >= 15 is 0 Å². The molecule has 0 radical (unpaired) electrons. The Morgan fingerprint density at radius 2 is 1.85 bits per heavy atom. The van der Waals surface area contributed by atoms with Crippen LogP contribution in [0, 0.1) is 15.2 Å². The first-order valence-electron chi connectivity index (χ1n) is 7.73. The highest BCUT2D eigenvalue weighted by Crippen LogP contribution is 2.31. The first-order chi connectivity index (χ1) is 12.2. The second kappa shape index (κ2) is 8.28. The summed E-state index contributed by atoms with van der Waals surface area (Å²) < 4.78 is 29.3. The molecule has 0 aliphatic rings. The summed E-state index contributed by atoms with van der Waals surface area (Å²) in [7, 11) is 1.54. The van der Waals surface area contributed by atoms with Crippen molar-refractivity contribution in [3.05, 3.63) is 57.2 Å². The van der Waals surface area contributed by atoms with Crippen molar-refractivity contribution in [1.29, 1.82) is 0 Å². The number of nitrogens with zero attached hydrogens (tertiary/aromatic N) is 1. The Morgan fingerprint density at radius 3 is 2.42 bits per heavy atom. The van der Waals surface area contributed by atoms with Gasteiger partial charge in [0.2, 0.25) is 0 Å². The minimum atomic E-state index is -1.14. The Labute approximate surface area is 164 Å². The number of benzene rings is 2. The first-order valence-corrected chi connectivity index (χ1v) is 8.80. The van der Waals surface area contributed by atoms with Crippen molar-refractivity contribution >= 4 is 39.9 Å². The number of aliphatic hydroxyl groups is 1. The lowest BCUT2D eigenvalue weighted by molar-refractivity contribution is -0.0956. The Kier molecular flexibility index (Phi) is 6.53. The normalized spacial score (nSPS) is 11.3. The van der Waals surface area contributed by atoms with E-state index in [0.717, 1.165) is 9.64 Å². The molecule has 1 amide bonds. The molecule has 0 aliphatic carbocycles. The molecular formula is C18H19F2IN2O3. The maximum Gasteiger partial charge on any atom is 0.277 e. The lowest BCUT2D eigenvalue weighted by Crippen LogP contribution is -2.39. The van der Waals surface area contributed by atoms with Gasteiger partial charge < -0.3 is 10.0 Å². The van der Waals surface area contributed by atoms with E-state index in [0.29, 0.717) is 5.69 Å². The molecule has 0 spiro atoms. The van der Waals surface area contributed by atoms with E-state index in [9.17, 15) is 18.7 Å². The zero-order valence-electron chi connectivity index (χ0n) is 14.5. The monoisotopic (exact) mass is 476 g/mol. The lowest BCUT2D eigenvalue weighted by Gasteiger charge is -2.25. The Balaban J connectivity index is 2.40. The summed E-state index contributed by atoms with van der Waals surface area (Å²) in [6, 6.07) is 9.17. The minimum absolute atomic E-state index is 0.0984. The van der Waals surface area contributed by atoms with Crippen LogP contribution in [0.25, 0.3) is 0 Å². The van der Waals surface area contributed by atoms with Gasteiger partial charge in [-0.3, -0.25) is 9.63 Å². The van der Waals surface area contributed by atoms with Crippen molar-refractivity contribution in [3.63, 3.8) is 0 Å². The topological polar surface area (TPSA) is 61.8 Å². The van der Waals surface area contributed by atoms with E-state index in [-0.39, 0.29) is 17.9 Å². The van der Waals surface area contributed by atoms with Gasteiger partial charge in [0, 0.05) is 16.3 Å². The third-order valence-corrected chi connectivity index (χ3v) is 4.38. The highest BCUT2D eigenvalue weighted by molar-refractivity contribution is 14.1. The number of hydrogen-bond acceptors (Lipinski definition) is 4. The van der Waals surface area contributed by atoms with Gasteiger partial charge in [0.15, 0.2) is 11.6 Å². The maximum absolute atomic E-state index is 14.5.